The third kappa shape index (κ3) is 2.42. The van der Waals surface area contributed by atoms with Crippen molar-refractivity contribution in [2.24, 2.45) is 5.73 Å². The van der Waals surface area contributed by atoms with Crippen molar-refractivity contribution in [3.63, 3.8) is 0 Å². The number of aryl methyl sites for hydroxylation is 1. The highest BCUT2D eigenvalue weighted by molar-refractivity contribution is 5.78. The zero-order valence-corrected chi connectivity index (χ0v) is 10.7. The van der Waals surface area contributed by atoms with Gasteiger partial charge in [0, 0.05) is 31.9 Å². The summed E-state index contributed by atoms with van der Waals surface area (Å²) in [7, 11) is 0. The molecular formula is C12H18N6. The first-order valence-electron chi connectivity index (χ1n) is 6.00. The topological polar surface area (TPSA) is 83.3 Å². The third-order valence-corrected chi connectivity index (χ3v) is 2.82. The summed E-state index contributed by atoms with van der Waals surface area (Å²) in [4.78, 5) is 6.53. The summed E-state index contributed by atoms with van der Waals surface area (Å²) in [5.41, 5.74) is 7.36. The van der Waals surface area contributed by atoms with Gasteiger partial charge in [-0.3, -0.25) is 5.41 Å². The van der Waals surface area contributed by atoms with Crippen LogP contribution in [0.25, 0.3) is 5.52 Å². The summed E-state index contributed by atoms with van der Waals surface area (Å²) in [5, 5.41) is 11.7. The van der Waals surface area contributed by atoms with Crippen LogP contribution in [-0.4, -0.2) is 33.5 Å². The van der Waals surface area contributed by atoms with Gasteiger partial charge in [-0.1, -0.05) is 0 Å². The SMILES string of the molecule is CCN(CCC(=N)N)c1nccn2nc(C)cc12. The minimum atomic E-state index is 0.199. The van der Waals surface area contributed by atoms with E-state index in [1.165, 1.54) is 0 Å². The largest absolute Gasteiger partial charge is 0.388 e. The van der Waals surface area contributed by atoms with Gasteiger partial charge in [0.1, 0.15) is 5.52 Å². The molecule has 0 saturated heterocycles. The number of rotatable bonds is 5. The summed E-state index contributed by atoms with van der Waals surface area (Å²) in [6, 6.07) is 2.01. The van der Waals surface area contributed by atoms with E-state index >= 15 is 0 Å². The molecule has 0 amide bonds. The first kappa shape index (κ1) is 12.3. The first-order chi connectivity index (χ1) is 8.61. The summed E-state index contributed by atoms with van der Waals surface area (Å²) in [6.45, 7) is 5.55. The van der Waals surface area contributed by atoms with E-state index in [1.54, 1.807) is 6.20 Å². The average Bonchev–Trinajstić information content (AvgIpc) is 2.70. The van der Waals surface area contributed by atoms with Crippen molar-refractivity contribution < 1.29 is 0 Å². The van der Waals surface area contributed by atoms with Gasteiger partial charge in [-0.05, 0) is 19.9 Å². The van der Waals surface area contributed by atoms with Crippen molar-refractivity contribution in [3.05, 3.63) is 24.2 Å². The minimum absolute atomic E-state index is 0.199. The van der Waals surface area contributed by atoms with Gasteiger partial charge in [-0.25, -0.2) is 9.50 Å². The lowest BCUT2D eigenvalue weighted by molar-refractivity contribution is 0.808. The van der Waals surface area contributed by atoms with Crippen molar-refractivity contribution in [1.82, 2.24) is 14.6 Å². The predicted octanol–water partition coefficient (Wildman–Crippen LogP) is 1.19. The number of nitrogens with two attached hydrogens (primary N) is 1. The molecule has 6 nitrogen and oxygen atoms in total. The fraction of sp³-hybridized carbons (Fsp3) is 0.417. The van der Waals surface area contributed by atoms with E-state index < -0.39 is 0 Å². The number of nitrogens with one attached hydrogen (secondary N) is 1. The van der Waals surface area contributed by atoms with Gasteiger partial charge in [-0.15, -0.1) is 0 Å². The Hall–Kier alpha value is -2.11. The molecule has 0 atom stereocenters. The van der Waals surface area contributed by atoms with Crippen molar-refractivity contribution in [2.75, 3.05) is 18.0 Å². The van der Waals surface area contributed by atoms with E-state index in [0.29, 0.717) is 13.0 Å². The molecule has 0 bridgehead atoms. The van der Waals surface area contributed by atoms with Crippen molar-refractivity contribution in [3.8, 4) is 0 Å². The summed E-state index contributed by atoms with van der Waals surface area (Å²) in [5.74, 6) is 1.09. The molecule has 0 unspecified atom stereocenters. The second kappa shape index (κ2) is 5.03. The Labute approximate surface area is 106 Å². The molecule has 96 valence electrons. The normalized spacial score (nSPS) is 10.8. The molecule has 0 aliphatic rings. The van der Waals surface area contributed by atoms with Gasteiger partial charge >= 0.3 is 0 Å². The Morgan fingerprint density at radius 1 is 1.56 bits per heavy atom. The molecule has 0 radical (unpaired) electrons. The molecule has 18 heavy (non-hydrogen) atoms. The van der Waals surface area contributed by atoms with Gasteiger partial charge < -0.3 is 10.6 Å². The Balaban J connectivity index is 2.35. The number of anilines is 1. The highest BCUT2D eigenvalue weighted by atomic mass is 15.3. The maximum Gasteiger partial charge on any atom is 0.154 e. The molecule has 0 spiro atoms. The van der Waals surface area contributed by atoms with Gasteiger partial charge in [0.2, 0.25) is 0 Å². The lowest BCUT2D eigenvalue weighted by Crippen LogP contribution is -2.28. The second-order valence-corrected chi connectivity index (χ2v) is 4.22. The van der Waals surface area contributed by atoms with E-state index in [4.69, 9.17) is 11.1 Å². The molecule has 3 N–H and O–H groups in total. The number of amidine groups is 1. The highest BCUT2D eigenvalue weighted by Crippen LogP contribution is 2.19. The van der Waals surface area contributed by atoms with Crippen LogP contribution < -0.4 is 10.6 Å². The molecule has 2 aromatic heterocycles. The standard InChI is InChI=1S/C12H18N6/c1-3-17(6-4-11(13)14)12-10-8-9(2)16-18(10)7-5-15-12/h5,7-8H,3-4,6H2,1-2H3,(H3,13,14). The van der Waals surface area contributed by atoms with Crippen molar-refractivity contribution in [1.29, 1.82) is 5.41 Å². The maximum atomic E-state index is 7.31. The Morgan fingerprint density at radius 3 is 3.00 bits per heavy atom. The highest BCUT2D eigenvalue weighted by Gasteiger charge is 2.12. The molecular weight excluding hydrogens is 228 g/mol. The fourth-order valence-corrected chi connectivity index (χ4v) is 1.94. The van der Waals surface area contributed by atoms with Crippen LogP contribution in [0.3, 0.4) is 0 Å². The van der Waals surface area contributed by atoms with Crippen LogP contribution in [-0.2, 0) is 0 Å². The lowest BCUT2D eigenvalue weighted by atomic mass is 10.3. The summed E-state index contributed by atoms with van der Waals surface area (Å²) < 4.78 is 1.83. The number of hydrogen-bond donors (Lipinski definition) is 2. The molecule has 2 aromatic rings. The van der Waals surface area contributed by atoms with Crippen LogP contribution in [0, 0.1) is 12.3 Å². The molecule has 0 aliphatic carbocycles. The average molecular weight is 246 g/mol. The Bertz CT molecular complexity index is 559. The molecule has 2 heterocycles. The van der Waals surface area contributed by atoms with Gasteiger partial charge in [-0.2, -0.15) is 5.10 Å². The maximum absolute atomic E-state index is 7.31. The molecule has 0 aliphatic heterocycles. The molecule has 6 heteroatoms. The summed E-state index contributed by atoms with van der Waals surface area (Å²) in [6.07, 6.45) is 4.12. The number of aromatic nitrogens is 3. The zero-order valence-electron chi connectivity index (χ0n) is 10.7. The summed E-state index contributed by atoms with van der Waals surface area (Å²) >= 11 is 0. The van der Waals surface area contributed by atoms with Gasteiger partial charge in [0.05, 0.1) is 11.5 Å². The molecule has 2 rings (SSSR count). The first-order valence-corrected chi connectivity index (χ1v) is 6.00. The van der Waals surface area contributed by atoms with E-state index in [9.17, 15) is 0 Å². The third-order valence-electron chi connectivity index (χ3n) is 2.82. The van der Waals surface area contributed by atoms with E-state index in [1.807, 2.05) is 23.7 Å². The Kier molecular flexibility index (Phi) is 3.45. The van der Waals surface area contributed by atoms with Gasteiger partial charge in [0.25, 0.3) is 0 Å². The van der Waals surface area contributed by atoms with E-state index in [0.717, 1.165) is 23.6 Å². The predicted molar refractivity (Wildman–Crippen MR) is 72.1 cm³/mol. The van der Waals surface area contributed by atoms with Crippen molar-refractivity contribution >= 4 is 17.2 Å². The fourth-order valence-electron chi connectivity index (χ4n) is 1.94. The van der Waals surface area contributed by atoms with Crippen LogP contribution in [0.2, 0.25) is 0 Å². The second-order valence-electron chi connectivity index (χ2n) is 4.22. The smallest absolute Gasteiger partial charge is 0.154 e. The van der Waals surface area contributed by atoms with E-state index in [-0.39, 0.29) is 5.84 Å². The molecule has 0 saturated carbocycles. The molecule has 0 aromatic carbocycles. The number of fused-ring (bicyclic) bond motifs is 1. The van der Waals surface area contributed by atoms with Crippen molar-refractivity contribution in [2.45, 2.75) is 20.3 Å². The monoisotopic (exact) mass is 246 g/mol. The van der Waals surface area contributed by atoms with Crippen LogP contribution >= 0.6 is 0 Å². The lowest BCUT2D eigenvalue weighted by Gasteiger charge is -2.22. The number of hydrogen-bond acceptors (Lipinski definition) is 4. The van der Waals surface area contributed by atoms with Gasteiger partial charge in [0.15, 0.2) is 5.82 Å². The van der Waals surface area contributed by atoms with Crippen LogP contribution in [0.5, 0.6) is 0 Å². The quantitative estimate of drug-likeness (QED) is 0.613. The van der Waals surface area contributed by atoms with E-state index in [2.05, 4.69) is 21.9 Å². The zero-order chi connectivity index (χ0) is 13.1. The number of nitrogens with zero attached hydrogens (tertiary/aromatic N) is 4. The van der Waals surface area contributed by atoms with Crippen LogP contribution in [0.15, 0.2) is 18.5 Å². The van der Waals surface area contributed by atoms with Crippen LogP contribution in [0.4, 0.5) is 5.82 Å². The molecule has 0 fully saturated rings. The Morgan fingerprint density at radius 2 is 2.33 bits per heavy atom. The minimum Gasteiger partial charge on any atom is -0.388 e. The van der Waals surface area contributed by atoms with Crippen LogP contribution in [0.1, 0.15) is 19.0 Å².